The van der Waals surface area contributed by atoms with Gasteiger partial charge in [0.25, 0.3) is 0 Å². The Bertz CT molecular complexity index is 976. The second-order valence-electron chi connectivity index (χ2n) is 7.91. The quantitative estimate of drug-likeness (QED) is 0.322. The molecule has 0 nitrogen and oxygen atoms in total. The Balaban J connectivity index is 6.48. The Morgan fingerprint density at radius 3 is 0.647 bits per heavy atom. The molecule has 0 saturated carbocycles. The maximum absolute atomic E-state index is 4.00. The molecule has 180 valence electrons. The molecule has 0 saturated heterocycles. The molecule has 0 heteroatoms. The van der Waals surface area contributed by atoms with Crippen molar-refractivity contribution in [3.05, 3.63) is 57.7 Å². The van der Waals surface area contributed by atoms with Crippen LogP contribution in [0.3, 0.4) is 0 Å². The summed E-state index contributed by atoms with van der Waals surface area (Å²) in [5.74, 6) is 26.7. The van der Waals surface area contributed by atoms with Crippen LogP contribution in [0.15, 0.2) is 57.7 Å². The fraction of sp³-hybridized carbons (Fsp3) is 0.471. The Morgan fingerprint density at radius 2 is 0.500 bits per heavy atom. The molecule has 0 aromatic heterocycles. The number of allylic oxidation sites excluding steroid dienone is 8. The number of hydrogen-bond donors (Lipinski definition) is 0. The molecule has 0 aliphatic rings. The fourth-order valence-electron chi connectivity index (χ4n) is 3.07. The molecular weight excluding hydrogens is 408 g/mol. The number of rotatable bonds is 8. The van der Waals surface area contributed by atoms with Crippen LogP contribution in [0.25, 0.3) is 0 Å². The van der Waals surface area contributed by atoms with E-state index in [2.05, 4.69) is 116 Å². The molecule has 0 heterocycles. The zero-order valence-electron chi connectivity index (χ0n) is 23.1. The molecule has 0 atom stereocenters. The Labute approximate surface area is 211 Å². The molecule has 0 aliphatic carbocycles. The maximum atomic E-state index is 4.00. The van der Waals surface area contributed by atoms with Crippen LogP contribution in [-0.4, -0.2) is 0 Å². The number of hydrogen-bond acceptors (Lipinski definition) is 0. The summed E-state index contributed by atoms with van der Waals surface area (Å²) in [6.07, 6.45) is 6.99. The average Bonchev–Trinajstić information content (AvgIpc) is 2.87. The third-order valence-corrected chi connectivity index (χ3v) is 5.58. The maximum Gasteiger partial charge on any atom is 0.0137 e. The van der Waals surface area contributed by atoms with E-state index in [-0.39, 0.29) is 0 Å². The Morgan fingerprint density at radius 1 is 0.324 bits per heavy atom. The predicted molar refractivity (Wildman–Crippen MR) is 153 cm³/mol. The largest absolute Gasteiger partial charge is 0.0874 e. The van der Waals surface area contributed by atoms with Gasteiger partial charge in [0, 0.05) is 33.4 Å². The third-order valence-electron chi connectivity index (χ3n) is 5.58. The molecule has 0 fully saturated rings. The normalized spacial score (nSPS) is 12.0. The van der Waals surface area contributed by atoms with Crippen LogP contribution in [0, 0.1) is 47.4 Å². The minimum Gasteiger partial charge on any atom is -0.0874 e. The van der Waals surface area contributed by atoms with Gasteiger partial charge in [0.05, 0.1) is 0 Å². The highest BCUT2D eigenvalue weighted by Gasteiger charge is 2.03. The molecule has 0 aromatic carbocycles. The lowest BCUT2D eigenvalue weighted by atomic mass is 9.99. The first-order valence-corrected chi connectivity index (χ1v) is 12.9. The SMILES string of the molecule is C=C(C#C/C(CC)=C(/C#C/C(CC)=C(/C#C/C(CC)=C(/C#CC(=C)CC)CC)CC)CC)CC. The summed E-state index contributed by atoms with van der Waals surface area (Å²) >= 11 is 0. The molecular formula is C34H44. The van der Waals surface area contributed by atoms with Crippen molar-refractivity contribution >= 4 is 0 Å². The van der Waals surface area contributed by atoms with Gasteiger partial charge in [-0.25, -0.2) is 0 Å². The van der Waals surface area contributed by atoms with E-state index in [9.17, 15) is 0 Å². The lowest BCUT2D eigenvalue weighted by Crippen LogP contribution is -1.91. The van der Waals surface area contributed by atoms with Gasteiger partial charge in [-0.2, -0.15) is 0 Å². The smallest absolute Gasteiger partial charge is 0.0137 e. The van der Waals surface area contributed by atoms with Crippen molar-refractivity contribution in [1.29, 1.82) is 0 Å². The highest BCUT2D eigenvalue weighted by Crippen LogP contribution is 2.16. The van der Waals surface area contributed by atoms with Crippen LogP contribution in [0.1, 0.15) is 107 Å². The lowest BCUT2D eigenvalue weighted by molar-refractivity contribution is 1.06. The van der Waals surface area contributed by atoms with E-state index < -0.39 is 0 Å². The molecule has 0 bridgehead atoms. The Kier molecular flexibility index (Phi) is 16.7. The van der Waals surface area contributed by atoms with E-state index in [1.165, 1.54) is 0 Å². The van der Waals surface area contributed by atoms with Gasteiger partial charge in [-0.15, -0.1) is 0 Å². The van der Waals surface area contributed by atoms with Crippen LogP contribution in [0.2, 0.25) is 0 Å². The molecule has 0 aromatic rings. The minimum atomic E-state index is 0.865. The van der Waals surface area contributed by atoms with Crippen molar-refractivity contribution in [3.63, 3.8) is 0 Å². The van der Waals surface area contributed by atoms with Gasteiger partial charge in [-0.1, -0.05) is 116 Å². The van der Waals surface area contributed by atoms with Gasteiger partial charge >= 0.3 is 0 Å². The van der Waals surface area contributed by atoms with Crippen molar-refractivity contribution in [2.24, 2.45) is 0 Å². The Hall–Kier alpha value is -3.06. The summed E-state index contributed by atoms with van der Waals surface area (Å²) < 4.78 is 0. The third kappa shape index (κ3) is 11.2. The fourth-order valence-corrected chi connectivity index (χ4v) is 3.07. The minimum absolute atomic E-state index is 0.865. The van der Waals surface area contributed by atoms with E-state index in [0.717, 1.165) is 96.0 Å². The van der Waals surface area contributed by atoms with Crippen molar-refractivity contribution in [3.8, 4) is 47.4 Å². The highest BCUT2D eigenvalue weighted by atomic mass is 14.1. The van der Waals surface area contributed by atoms with Crippen LogP contribution >= 0.6 is 0 Å². The summed E-state index contributed by atoms with van der Waals surface area (Å²) in [6, 6.07) is 0. The van der Waals surface area contributed by atoms with E-state index in [0.29, 0.717) is 0 Å². The summed E-state index contributed by atoms with van der Waals surface area (Å²) in [7, 11) is 0. The molecule has 0 N–H and O–H groups in total. The van der Waals surface area contributed by atoms with Crippen molar-refractivity contribution < 1.29 is 0 Å². The van der Waals surface area contributed by atoms with Gasteiger partial charge < -0.3 is 0 Å². The van der Waals surface area contributed by atoms with E-state index in [4.69, 9.17) is 0 Å². The molecule has 0 aliphatic heterocycles. The lowest BCUT2D eigenvalue weighted by Gasteiger charge is -2.04. The second-order valence-corrected chi connectivity index (χ2v) is 7.91. The topological polar surface area (TPSA) is 0 Å². The first-order valence-electron chi connectivity index (χ1n) is 12.9. The first kappa shape index (κ1) is 30.9. The van der Waals surface area contributed by atoms with Gasteiger partial charge in [-0.3, -0.25) is 0 Å². The van der Waals surface area contributed by atoms with Crippen molar-refractivity contribution in [2.75, 3.05) is 0 Å². The monoisotopic (exact) mass is 452 g/mol. The van der Waals surface area contributed by atoms with Crippen LogP contribution in [0.4, 0.5) is 0 Å². The average molecular weight is 453 g/mol. The standard InChI is InChI=1S/C34H44/c1-11-27(9)19-21-29(13-3)31(15-5)23-25-33(17-7)34(18-8)26-24-32(16-6)30(14-4)22-20-28(10)12-2/h9-18H2,1-8H3/b31-29+,32-30+,34-33+. The van der Waals surface area contributed by atoms with E-state index in [1.807, 2.05) is 0 Å². The first-order chi connectivity index (χ1) is 16.3. The van der Waals surface area contributed by atoms with E-state index in [1.54, 1.807) is 0 Å². The van der Waals surface area contributed by atoms with Crippen molar-refractivity contribution in [2.45, 2.75) is 107 Å². The van der Waals surface area contributed by atoms with Crippen molar-refractivity contribution in [1.82, 2.24) is 0 Å². The van der Waals surface area contributed by atoms with Gasteiger partial charge in [-0.05, 0) is 62.5 Å². The predicted octanol–water partition coefficient (Wildman–Crippen LogP) is 9.28. The summed E-state index contributed by atoms with van der Waals surface area (Å²) in [6.45, 7) is 25.0. The van der Waals surface area contributed by atoms with E-state index >= 15 is 0 Å². The molecule has 0 unspecified atom stereocenters. The zero-order valence-corrected chi connectivity index (χ0v) is 23.1. The van der Waals surface area contributed by atoms with Gasteiger partial charge in [0.15, 0.2) is 0 Å². The highest BCUT2D eigenvalue weighted by molar-refractivity contribution is 5.53. The summed E-state index contributed by atoms with van der Waals surface area (Å²) in [5.41, 5.74) is 8.59. The van der Waals surface area contributed by atoms with Crippen LogP contribution < -0.4 is 0 Å². The summed E-state index contributed by atoms with van der Waals surface area (Å²) in [5, 5.41) is 0. The molecule has 0 amide bonds. The molecule has 0 spiro atoms. The van der Waals surface area contributed by atoms with Crippen LogP contribution in [0.5, 0.6) is 0 Å². The van der Waals surface area contributed by atoms with Crippen LogP contribution in [-0.2, 0) is 0 Å². The second kappa shape index (κ2) is 18.4. The van der Waals surface area contributed by atoms with Gasteiger partial charge in [0.2, 0.25) is 0 Å². The molecule has 0 rings (SSSR count). The zero-order chi connectivity index (χ0) is 25.9. The summed E-state index contributed by atoms with van der Waals surface area (Å²) in [4.78, 5) is 0. The molecule has 0 radical (unpaired) electrons. The van der Waals surface area contributed by atoms with Gasteiger partial charge in [0.1, 0.15) is 0 Å². The molecule has 34 heavy (non-hydrogen) atoms.